The fraction of sp³-hybridized carbons (Fsp3) is 0.308. The third kappa shape index (κ3) is 4.34. The molecule has 1 fully saturated rings. The van der Waals surface area contributed by atoms with Gasteiger partial charge < -0.3 is 23.0 Å². The minimum absolute atomic E-state index is 0. The van der Waals surface area contributed by atoms with Gasteiger partial charge in [0.05, 0.1) is 0 Å². The number of amides is 1. The maximum absolute atomic E-state index is 12.6. The van der Waals surface area contributed by atoms with E-state index in [1.54, 1.807) is 0 Å². The van der Waals surface area contributed by atoms with Gasteiger partial charge in [0.25, 0.3) is 5.91 Å². The zero-order valence-corrected chi connectivity index (χ0v) is 14.9. The van der Waals surface area contributed by atoms with Crippen LogP contribution in [0.3, 0.4) is 0 Å². The Hall–Kier alpha value is -0.299. The number of halogens is 3. The predicted octanol–water partition coefficient (Wildman–Crippen LogP) is -2.31. The molecule has 1 heterocycles. The third-order valence-corrected chi connectivity index (χ3v) is 3.19. The Kier molecular flexibility index (Phi) is 6.12. The summed E-state index contributed by atoms with van der Waals surface area (Å²) in [6.45, 7) is -4.72. The van der Waals surface area contributed by atoms with E-state index in [4.69, 9.17) is 0 Å². The van der Waals surface area contributed by atoms with E-state index < -0.39 is 23.9 Å². The number of likely N-dealkylation sites (N-methyl/N-ethyl adjacent to an activating group) is 1. The summed E-state index contributed by atoms with van der Waals surface area (Å²) in [4.78, 5) is 13.0. The molecule has 3 nitrogen and oxygen atoms in total. The molecule has 8 heteroatoms. The van der Waals surface area contributed by atoms with Crippen LogP contribution in [0.25, 0.3) is 0 Å². The average Bonchev–Trinajstić information content (AvgIpc) is 2.65. The number of aliphatic hydroxyl groups is 1. The number of rotatable bonds is 1. The minimum atomic E-state index is -5.09. The second-order valence-electron chi connectivity index (χ2n) is 4.79. The van der Waals surface area contributed by atoms with E-state index >= 15 is 0 Å². The van der Waals surface area contributed by atoms with Crippen LogP contribution in [-0.2, 0) is 4.79 Å². The second-order valence-corrected chi connectivity index (χ2v) is 4.79. The maximum atomic E-state index is 12.6. The minimum Gasteiger partial charge on any atom is -0.445 e. The summed E-state index contributed by atoms with van der Waals surface area (Å²) >= 11 is 0. The van der Waals surface area contributed by atoms with Gasteiger partial charge in [0.1, 0.15) is 0 Å². The molecule has 0 unspecified atom stereocenters. The number of likely N-dealkylation sites (tertiary alicyclic amines) is 1. The molecule has 21 heavy (non-hydrogen) atoms. The van der Waals surface area contributed by atoms with E-state index in [-0.39, 0.29) is 63.4 Å². The van der Waals surface area contributed by atoms with Crippen molar-refractivity contribution in [1.82, 2.24) is 4.90 Å². The topological polar surface area (TPSA) is 40.5 Å². The van der Waals surface area contributed by atoms with Crippen LogP contribution in [0.5, 0.6) is 0 Å². The van der Waals surface area contributed by atoms with Crippen LogP contribution >= 0.6 is 0 Å². The molecular formula is C13H12BF3KNO2. The summed E-state index contributed by atoms with van der Waals surface area (Å²) in [5.74, 6) is 4.31. The first-order valence-electron chi connectivity index (χ1n) is 6.03. The van der Waals surface area contributed by atoms with Gasteiger partial charge in [-0.3, -0.25) is 4.79 Å². The molecule has 1 aliphatic heterocycles. The summed E-state index contributed by atoms with van der Waals surface area (Å²) in [5, 5.41) is 10.0. The standard InChI is InChI=1S/C13H12BF3NO2.K/c1-18-8-7-13(20,12(18)19)6-5-10-3-2-4-11(9-10)14(15,16)17;/h2-4,9,20H,7-8H2,1H3;/q-1;+1/t13-;/m0./s1. The molecule has 1 aliphatic rings. The summed E-state index contributed by atoms with van der Waals surface area (Å²) in [6, 6.07) is 4.54. The van der Waals surface area contributed by atoms with Crippen molar-refractivity contribution < 1.29 is 74.2 Å². The van der Waals surface area contributed by atoms with Crippen molar-refractivity contribution in [3.63, 3.8) is 0 Å². The number of carbonyl (C=O) groups excluding carboxylic acids is 1. The number of benzene rings is 1. The Balaban J connectivity index is 0.00000220. The normalized spacial score (nSPS) is 21.6. The van der Waals surface area contributed by atoms with Crippen molar-refractivity contribution in [3.05, 3.63) is 29.8 Å². The first-order valence-corrected chi connectivity index (χ1v) is 6.03. The summed E-state index contributed by atoms with van der Waals surface area (Å²) in [5.41, 5.74) is -2.43. The van der Waals surface area contributed by atoms with Crippen LogP contribution in [-0.4, -0.2) is 42.1 Å². The SMILES string of the molecule is CN1CC[C@@](O)(C#Cc2cccc([B-](F)(F)F)c2)C1=O.[K+]. The molecule has 0 aromatic heterocycles. The summed E-state index contributed by atoms with van der Waals surface area (Å²) in [7, 11) is 1.54. The molecule has 0 bridgehead atoms. The van der Waals surface area contributed by atoms with Crippen molar-refractivity contribution in [2.75, 3.05) is 13.6 Å². The molecule has 106 valence electrons. The van der Waals surface area contributed by atoms with Gasteiger partial charge in [0.2, 0.25) is 5.60 Å². The van der Waals surface area contributed by atoms with Crippen LogP contribution in [0.2, 0.25) is 0 Å². The molecule has 1 saturated heterocycles. The van der Waals surface area contributed by atoms with Gasteiger partial charge in [-0.15, -0.1) is 5.46 Å². The molecule has 1 N–H and O–H groups in total. The van der Waals surface area contributed by atoms with Crippen LogP contribution < -0.4 is 56.8 Å². The van der Waals surface area contributed by atoms with Gasteiger partial charge in [0.15, 0.2) is 0 Å². The van der Waals surface area contributed by atoms with Crippen molar-refractivity contribution >= 4 is 18.3 Å². The monoisotopic (exact) mass is 321 g/mol. The summed E-state index contributed by atoms with van der Waals surface area (Å²) < 4.78 is 37.8. The van der Waals surface area contributed by atoms with E-state index in [1.165, 1.54) is 24.1 Å². The fourth-order valence-corrected chi connectivity index (χ4v) is 1.97. The smallest absolute Gasteiger partial charge is 0.445 e. The molecule has 1 atom stereocenters. The van der Waals surface area contributed by atoms with Gasteiger partial charge in [-0.2, -0.15) is 0 Å². The predicted molar refractivity (Wildman–Crippen MR) is 69.2 cm³/mol. The molecule has 1 aromatic carbocycles. The number of nitrogens with zero attached hydrogens (tertiary/aromatic N) is 1. The van der Waals surface area contributed by atoms with Crippen molar-refractivity contribution in [2.45, 2.75) is 12.0 Å². The Labute approximate surface area is 163 Å². The fourth-order valence-electron chi connectivity index (χ4n) is 1.97. The Morgan fingerprint density at radius 2 is 2.05 bits per heavy atom. The largest absolute Gasteiger partial charge is 1.00 e. The number of hydrogen-bond acceptors (Lipinski definition) is 2. The van der Waals surface area contributed by atoms with Crippen LogP contribution in [0.4, 0.5) is 12.9 Å². The zero-order chi connectivity index (χ0) is 15.0. The second kappa shape index (κ2) is 6.86. The van der Waals surface area contributed by atoms with Crippen molar-refractivity contribution in [3.8, 4) is 11.8 Å². The molecule has 0 saturated carbocycles. The quantitative estimate of drug-likeness (QED) is 0.467. The average molecular weight is 321 g/mol. The van der Waals surface area contributed by atoms with E-state index in [9.17, 15) is 22.8 Å². The van der Waals surface area contributed by atoms with E-state index in [1.807, 2.05) is 0 Å². The van der Waals surface area contributed by atoms with Crippen LogP contribution in [0, 0.1) is 11.8 Å². The van der Waals surface area contributed by atoms with Crippen molar-refractivity contribution in [1.29, 1.82) is 0 Å². The van der Waals surface area contributed by atoms with Gasteiger partial charge in [-0.25, -0.2) is 0 Å². The molecule has 0 aliphatic carbocycles. The van der Waals surface area contributed by atoms with Gasteiger partial charge in [-0.05, 0) is 6.07 Å². The van der Waals surface area contributed by atoms with Gasteiger partial charge >= 0.3 is 58.4 Å². The van der Waals surface area contributed by atoms with Crippen LogP contribution in [0.15, 0.2) is 24.3 Å². The Morgan fingerprint density at radius 3 is 2.57 bits per heavy atom. The summed E-state index contributed by atoms with van der Waals surface area (Å²) in [6.07, 6.45) is 0.151. The molecular weight excluding hydrogens is 309 g/mol. The Bertz CT molecular complexity index is 611. The molecule has 1 amide bonds. The maximum Gasteiger partial charge on any atom is 1.00 e. The molecule has 2 rings (SSSR count). The molecule has 1 aromatic rings. The van der Waals surface area contributed by atoms with E-state index in [0.717, 1.165) is 12.1 Å². The van der Waals surface area contributed by atoms with Crippen LogP contribution in [0.1, 0.15) is 12.0 Å². The molecule has 0 spiro atoms. The zero-order valence-electron chi connectivity index (χ0n) is 11.7. The Morgan fingerprint density at radius 1 is 1.38 bits per heavy atom. The molecule has 0 radical (unpaired) electrons. The number of carbonyl (C=O) groups is 1. The van der Waals surface area contributed by atoms with E-state index in [0.29, 0.717) is 6.54 Å². The van der Waals surface area contributed by atoms with Gasteiger partial charge in [0, 0.05) is 25.6 Å². The van der Waals surface area contributed by atoms with Gasteiger partial charge in [-0.1, -0.05) is 30.0 Å². The van der Waals surface area contributed by atoms with Crippen molar-refractivity contribution in [2.24, 2.45) is 0 Å². The number of hydrogen-bond donors (Lipinski definition) is 1. The van der Waals surface area contributed by atoms with E-state index in [2.05, 4.69) is 11.8 Å². The third-order valence-electron chi connectivity index (χ3n) is 3.19. The first kappa shape index (κ1) is 18.7. The first-order chi connectivity index (χ1) is 9.22.